The maximum absolute atomic E-state index is 12.1. The minimum atomic E-state index is -1.11. The third kappa shape index (κ3) is 3.14. The predicted octanol–water partition coefficient (Wildman–Crippen LogP) is 1.57. The van der Waals surface area contributed by atoms with Crippen molar-refractivity contribution in [3.8, 4) is 0 Å². The fourth-order valence-electron chi connectivity index (χ4n) is 1.80. The molecule has 2 aromatic heterocycles. The van der Waals surface area contributed by atoms with Crippen LogP contribution in [-0.2, 0) is 7.05 Å². The molecule has 0 fully saturated rings. The molecule has 0 aromatic carbocycles. The van der Waals surface area contributed by atoms with Crippen molar-refractivity contribution >= 4 is 23.5 Å². The highest BCUT2D eigenvalue weighted by molar-refractivity contribution is 6.05. The molecular weight excluding hydrogens is 274 g/mol. The highest BCUT2D eigenvalue weighted by Gasteiger charge is 2.15. The van der Waals surface area contributed by atoms with Gasteiger partial charge < -0.3 is 15.0 Å². The molecule has 0 bridgehead atoms. The average molecular weight is 287 g/mol. The molecule has 1 amide bonds. The van der Waals surface area contributed by atoms with Gasteiger partial charge in [0.15, 0.2) is 5.78 Å². The van der Waals surface area contributed by atoms with Gasteiger partial charge in [0.2, 0.25) is 0 Å². The smallest absolute Gasteiger partial charge is 0.335 e. The number of hydrogen-bond donors (Lipinski definition) is 2. The summed E-state index contributed by atoms with van der Waals surface area (Å²) >= 11 is 0. The summed E-state index contributed by atoms with van der Waals surface area (Å²) in [6, 6.07) is 4.06. The van der Waals surface area contributed by atoms with Crippen molar-refractivity contribution < 1.29 is 19.5 Å². The fourth-order valence-corrected chi connectivity index (χ4v) is 1.80. The lowest BCUT2D eigenvalue weighted by molar-refractivity contribution is 0.0696. The highest BCUT2D eigenvalue weighted by Crippen LogP contribution is 2.12. The molecule has 0 aliphatic carbocycles. The topological polar surface area (TPSA) is 101 Å². The maximum atomic E-state index is 12.1. The summed E-state index contributed by atoms with van der Waals surface area (Å²) in [6.07, 6.45) is 2.85. The number of Topliss-reactive ketones (excluding diaryl/α,β-unsaturated/α-hetero) is 1. The number of carboxylic acid groups (broad SMARTS) is 1. The van der Waals surface area contributed by atoms with Crippen LogP contribution in [0.1, 0.15) is 38.1 Å². The van der Waals surface area contributed by atoms with Crippen LogP contribution in [0.25, 0.3) is 0 Å². The molecule has 2 heterocycles. The van der Waals surface area contributed by atoms with Crippen LogP contribution < -0.4 is 5.32 Å². The Balaban J connectivity index is 2.24. The second-order valence-corrected chi connectivity index (χ2v) is 4.47. The molecule has 21 heavy (non-hydrogen) atoms. The van der Waals surface area contributed by atoms with E-state index in [4.69, 9.17) is 5.11 Å². The van der Waals surface area contributed by atoms with E-state index in [1.807, 2.05) is 0 Å². The number of carbonyl (C=O) groups excluding carboxylic acids is 2. The van der Waals surface area contributed by atoms with Gasteiger partial charge in [-0.05, 0) is 25.1 Å². The van der Waals surface area contributed by atoms with E-state index in [0.717, 1.165) is 0 Å². The summed E-state index contributed by atoms with van der Waals surface area (Å²) in [5.74, 6) is -1.59. The van der Waals surface area contributed by atoms with Crippen molar-refractivity contribution in [3.05, 3.63) is 47.4 Å². The lowest BCUT2D eigenvalue weighted by Gasteiger charge is -2.05. The molecule has 2 rings (SSSR count). The quantitative estimate of drug-likeness (QED) is 0.831. The normalized spacial score (nSPS) is 10.2. The number of nitrogens with zero attached hydrogens (tertiary/aromatic N) is 2. The van der Waals surface area contributed by atoms with E-state index in [1.165, 1.54) is 35.9 Å². The van der Waals surface area contributed by atoms with Gasteiger partial charge in [-0.15, -0.1) is 0 Å². The lowest BCUT2D eigenvalue weighted by atomic mass is 10.2. The standard InChI is InChI=1S/C14H13N3O4/c1-8(18)10-5-11(17(2)7-10)13(19)16-12-6-9(14(20)21)3-4-15-12/h3-7H,1-2H3,(H,20,21)(H,15,16,19). The second kappa shape index (κ2) is 5.58. The number of carbonyl (C=O) groups is 3. The van der Waals surface area contributed by atoms with Gasteiger partial charge in [0.25, 0.3) is 5.91 Å². The molecule has 0 saturated carbocycles. The van der Waals surface area contributed by atoms with Crippen molar-refractivity contribution in [1.82, 2.24) is 9.55 Å². The molecule has 108 valence electrons. The number of aryl methyl sites for hydroxylation is 1. The Hall–Kier alpha value is -2.96. The number of pyridine rings is 1. The fraction of sp³-hybridized carbons (Fsp3) is 0.143. The van der Waals surface area contributed by atoms with Crippen LogP contribution in [0.2, 0.25) is 0 Å². The van der Waals surface area contributed by atoms with Crippen LogP contribution >= 0.6 is 0 Å². The molecule has 0 aliphatic rings. The van der Waals surface area contributed by atoms with Crippen LogP contribution in [0.4, 0.5) is 5.82 Å². The molecule has 7 nitrogen and oxygen atoms in total. The SMILES string of the molecule is CC(=O)c1cc(C(=O)Nc2cc(C(=O)O)ccn2)n(C)c1. The highest BCUT2D eigenvalue weighted by atomic mass is 16.4. The zero-order valence-corrected chi connectivity index (χ0v) is 11.5. The predicted molar refractivity (Wildman–Crippen MR) is 74.6 cm³/mol. The third-order valence-electron chi connectivity index (χ3n) is 2.89. The molecule has 0 aliphatic heterocycles. The first-order valence-corrected chi connectivity index (χ1v) is 6.06. The van der Waals surface area contributed by atoms with Gasteiger partial charge in [0.1, 0.15) is 11.5 Å². The minimum Gasteiger partial charge on any atom is -0.478 e. The number of hydrogen-bond acceptors (Lipinski definition) is 4. The van der Waals surface area contributed by atoms with Gasteiger partial charge in [-0.3, -0.25) is 9.59 Å². The monoisotopic (exact) mass is 287 g/mol. The van der Waals surface area contributed by atoms with Crippen molar-refractivity contribution in [2.24, 2.45) is 7.05 Å². The molecule has 2 aromatic rings. The Morgan fingerprint density at radius 1 is 1.24 bits per heavy atom. The van der Waals surface area contributed by atoms with Crippen molar-refractivity contribution in [2.75, 3.05) is 5.32 Å². The Morgan fingerprint density at radius 3 is 2.52 bits per heavy atom. The van der Waals surface area contributed by atoms with E-state index in [9.17, 15) is 14.4 Å². The van der Waals surface area contributed by atoms with Gasteiger partial charge in [-0.25, -0.2) is 9.78 Å². The number of carboxylic acids is 1. The molecule has 0 radical (unpaired) electrons. The third-order valence-corrected chi connectivity index (χ3v) is 2.89. The first kappa shape index (κ1) is 14.4. The van der Waals surface area contributed by atoms with Gasteiger partial charge in [0.05, 0.1) is 5.56 Å². The van der Waals surface area contributed by atoms with Crippen molar-refractivity contribution in [2.45, 2.75) is 6.92 Å². The van der Waals surface area contributed by atoms with Crippen LogP contribution in [0.3, 0.4) is 0 Å². The van der Waals surface area contributed by atoms with Crippen LogP contribution in [0, 0.1) is 0 Å². The van der Waals surface area contributed by atoms with Gasteiger partial charge in [-0.1, -0.05) is 0 Å². The van der Waals surface area contributed by atoms with Crippen molar-refractivity contribution in [3.63, 3.8) is 0 Å². The van der Waals surface area contributed by atoms with E-state index in [2.05, 4.69) is 10.3 Å². The van der Waals surface area contributed by atoms with Gasteiger partial charge in [0, 0.05) is 25.0 Å². The number of anilines is 1. The van der Waals surface area contributed by atoms with Crippen LogP contribution in [0.5, 0.6) is 0 Å². The Labute approximate surface area is 120 Å². The second-order valence-electron chi connectivity index (χ2n) is 4.47. The first-order valence-electron chi connectivity index (χ1n) is 6.06. The zero-order chi connectivity index (χ0) is 15.6. The molecule has 7 heteroatoms. The van der Waals surface area contributed by atoms with E-state index in [-0.39, 0.29) is 22.9 Å². The summed E-state index contributed by atoms with van der Waals surface area (Å²) in [7, 11) is 1.64. The zero-order valence-electron chi connectivity index (χ0n) is 11.5. The van der Waals surface area contributed by atoms with Gasteiger partial charge in [-0.2, -0.15) is 0 Å². The Kier molecular flexibility index (Phi) is 3.84. The molecule has 0 spiro atoms. The number of nitrogens with one attached hydrogen (secondary N) is 1. The van der Waals surface area contributed by atoms with E-state index >= 15 is 0 Å². The summed E-state index contributed by atoms with van der Waals surface area (Å²) < 4.78 is 1.52. The minimum absolute atomic E-state index is 0.0246. The van der Waals surface area contributed by atoms with Crippen LogP contribution in [-0.4, -0.2) is 32.3 Å². The molecule has 0 atom stereocenters. The number of aromatic carboxylic acids is 1. The maximum Gasteiger partial charge on any atom is 0.335 e. The van der Waals surface area contributed by atoms with E-state index in [1.54, 1.807) is 13.2 Å². The average Bonchev–Trinajstić information content (AvgIpc) is 2.81. The van der Waals surface area contributed by atoms with E-state index < -0.39 is 11.9 Å². The summed E-state index contributed by atoms with van der Waals surface area (Å²) in [5, 5.41) is 11.4. The molecular formula is C14H13N3O4. The van der Waals surface area contributed by atoms with Crippen molar-refractivity contribution in [1.29, 1.82) is 0 Å². The number of aromatic nitrogens is 2. The molecule has 0 saturated heterocycles. The molecule has 2 N–H and O–H groups in total. The Morgan fingerprint density at radius 2 is 1.95 bits per heavy atom. The van der Waals surface area contributed by atoms with E-state index in [0.29, 0.717) is 5.56 Å². The van der Waals surface area contributed by atoms with Crippen LogP contribution in [0.15, 0.2) is 30.6 Å². The molecule has 0 unspecified atom stereocenters. The largest absolute Gasteiger partial charge is 0.478 e. The van der Waals surface area contributed by atoms with Gasteiger partial charge >= 0.3 is 5.97 Å². The number of ketones is 1. The number of rotatable bonds is 4. The Bertz CT molecular complexity index is 734. The number of amides is 1. The summed E-state index contributed by atoms with van der Waals surface area (Å²) in [6.45, 7) is 1.41. The summed E-state index contributed by atoms with van der Waals surface area (Å²) in [5.41, 5.74) is 0.731. The lowest BCUT2D eigenvalue weighted by Crippen LogP contribution is -2.16. The first-order chi connectivity index (χ1) is 9.88. The summed E-state index contributed by atoms with van der Waals surface area (Å²) in [4.78, 5) is 38.2.